The number of aryl methyl sites for hydroxylation is 1. The summed E-state index contributed by atoms with van der Waals surface area (Å²) in [6.07, 6.45) is 5.06. The minimum absolute atomic E-state index is 0.159. The molecule has 36 heavy (non-hydrogen) atoms. The molecule has 0 aliphatic heterocycles. The lowest BCUT2D eigenvalue weighted by atomic mass is 10.1. The van der Waals surface area contributed by atoms with Gasteiger partial charge in [0, 0.05) is 23.1 Å². The number of aromatic nitrogens is 3. The van der Waals surface area contributed by atoms with Gasteiger partial charge in [-0.1, -0.05) is 24.3 Å². The molecule has 2 N–H and O–H groups in total. The van der Waals surface area contributed by atoms with Crippen LogP contribution < -0.4 is 15.4 Å². The Kier molecular flexibility index (Phi) is 6.28. The number of hydrogen-bond donors (Lipinski definition) is 2. The zero-order chi connectivity index (χ0) is 24.9. The van der Waals surface area contributed by atoms with E-state index in [2.05, 4.69) is 26.8 Å². The lowest BCUT2D eigenvalue weighted by Gasteiger charge is -2.12. The van der Waals surface area contributed by atoms with Crippen LogP contribution in [0.5, 0.6) is 11.5 Å². The third kappa shape index (κ3) is 4.86. The van der Waals surface area contributed by atoms with E-state index in [1.807, 2.05) is 79.7 Å². The second kappa shape index (κ2) is 9.99. The highest BCUT2D eigenvalue weighted by molar-refractivity contribution is 5.96. The Balaban J connectivity index is 1.40. The normalized spacial score (nSPS) is 10.6. The number of nitriles is 1. The van der Waals surface area contributed by atoms with E-state index >= 15 is 0 Å². The summed E-state index contributed by atoms with van der Waals surface area (Å²) in [7, 11) is 0. The first-order valence-corrected chi connectivity index (χ1v) is 11.3. The van der Waals surface area contributed by atoms with Gasteiger partial charge in [-0.3, -0.25) is 9.78 Å². The molecule has 0 unspecified atom stereocenters. The number of ether oxygens (including phenoxy) is 1. The van der Waals surface area contributed by atoms with Gasteiger partial charge in [0.15, 0.2) is 0 Å². The molecule has 3 heterocycles. The molecule has 1 amide bonds. The minimum atomic E-state index is -0.184. The van der Waals surface area contributed by atoms with Crippen molar-refractivity contribution in [3.8, 4) is 17.6 Å². The molecule has 0 radical (unpaired) electrons. The molecular weight excluding hydrogens is 452 g/mol. The van der Waals surface area contributed by atoms with Gasteiger partial charge < -0.3 is 15.4 Å². The summed E-state index contributed by atoms with van der Waals surface area (Å²) in [5.41, 5.74) is 4.57. The Bertz CT molecular complexity index is 1560. The van der Waals surface area contributed by atoms with Gasteiger partial charge in [0.1, 0.15) is 17.6 Å². The number of benzene rings is 2. The average molecular weight is 475 g/mol. The molecule has 8 heteroatoms. The summed E-state index contributed by atoms with van der Waals surface area (Å²) in [4.78, 5) is 16.8. The first-order valence-electron chi connectivity index (χ1n) is 11.3. The molecule has 176 valence electrons. The van der Waals surface area contributed by atoms with Crippen molar-refractivity contribution in [1.29, 1.82) is 5.26 Å². The number of nitrogens with zero attached hydrogens (tertiary/aromatic N) is 4. The van der Waals surface area contributed by atoms with Crippen molar-refractivity contribution in [3.05, 3.63) is 108 Å². The van der Waals surface area contributed by atoms with Crippen LogP contribution in [0.2, 0.25) is 0 Å². The highest BCUT2D eigenvalue weighted by Gasteiger charge is 2.17. The Hall–Kier alpha value is -5.16. The molecule has 0 atom stereocenters. The lowest BCUT2D eigenvalue weighted by Crippen LogP contribution is -2.15. The smallest absolute Gasteiger partial charge is 0.230 e. The summed E-state index contributed by atoms with van der Waals surface area (Å²) in [6.45, 7) is 1.89. The minimum Gasteiger partial charge on any atom is -0.457 e. The van der Waals surface area contributed by atoms with Crippen LogP contribution in [0.3, 0.4) is 0 Å². The second-order valence-electron chi connectivity index (χ2n) is 8.12. The quantitative estimate of drug-likeness (QED) is 0.317. The zero-order valence-electron chi connectivity index (χ0n) is 19.5. The third-order valence-corrected chi connectivity index (χ3v) is 5.62. The molecule has 0 saturated carbocycles. The molecule has 3 aromatic heterocycles. The van der Waals surface area contributed by atoms with Gasteiger partial charge in [0.05, 0.1) is 41.3 Å². The van der Waals surface area contributed by atoms with Crippen LogP contribution in [0.25, 0.3) is 5.52 Å². The predicted molar refractivity (Wildman–Crippen MR) is 137 cm³/mol. The van der Waals surface area contributed by atoms with Crippen LogP contribution in [0.15, 0.2) is 91.4 Å². The van der Waals surface area contributed by atoms with E-state index in [9.17, 15) is 10.1 Å². The van der Waals surface area contributed by atoms with Crippen molar-refractivity contribution in [2.75, 3.05) is 10.6 Å². The van der Waals surface area contributed by atoms with Gasteiger partial charge in [-0.25, -0.2) is 4.52 Å². The zero-order valence-corrected chi connectivity index (χ0v) is 19.5. The SMILES string of the molecule is Cc1c(NC(=O)Cc2ccccn2)cn2ncc(C#N)c(Nc3ccc(Oc4ccccc4)cc3)c12. The van der Waals surface area contributed by atoms with Crippen LogP contribution >= 0.6 is 0 Å². The highest BCUT2D eigenvalue weighted by atomic mass is 16.5. The average Bonchev–Trinajstić information content (AvgIpc) is 3.21. The lowest BCUT2D eigenvalue weighted by molar-refractivity contribution is -0.115. The summed E-state index contributed by atoms with van der Waals surface area (Å²) in [6, 6.07) is 24.7. The number of amides is 1. The fraction of sp³-hybridized carbons (Fsp3) is 0.0714. The van der Waals surface area contributed by atoms with Gasteiger partial charge >= 0.3 is 0 Å². The summed E-state index contributed by atoms with van der Waals surface area (Å²) in [5.74, 6) is 1.27. The first kappa shape index (κ1) is 22.6. The molecular formula is C28H22N6O2. The van der Waals surface area contributed by atoms with Gasteiger partial charge in [-0.2, -0.15) is 10.4 Å². The van der Waals surface area contributed by atoms with Crippen LogP contribution in [0.4, 0.5) is 17.1 Å². The number of nitrogens with one attached hydrogen (secondary N) is 2. The molecule has 0 fully saturated rings. The molecule has 0 aliphatic rings. The molecule has 2 aromatic carbocycles. The third-order valence-electron chi connectivity index (χ3n) is 5.62. The molecule has 0 saturated heterocycles. The molecule has 0 spiro atoms. The second-order valence-corrected chi connectivity index (χ2v) is 8.12. The summed E-state index contributed by atoms with van der Waals surface area (Å²) < 4.78 is 7.52. The first-order chi connectivity index (χ1) is 17.6. The Morgan fingerprint density at radius 2 is 1.78 bits per heavy atom. The number of pyridine rings is 1. The standard InChI is InChI=1S/C28H22N6O2/c1-19-25(33-26(35)15-22-7-5-6-14-30-22)18-34-28(19)27(20(16-29)17-31-34)32-21-10-12-24(13-11-21)36-23-8-3-2-4-9-23/h2-14,17-18,32H,15H2,1H3,(H,33,35). The number of rotatable bonds is 7. The fourth-order valence-corrected chi connectivity index (χ4v) is 3.86. The van der Waals surface area contributed by atoms with Gasteiger partial charge in [0.2, 0.25) is 5.91 Å². The van der Waals surface area contributed by atoms with Gasteiger partial charge in [0.25, 0.3) is 0 Å². The van der Waals surface area contributed by atoms with E-state index in [1.54, 1.807) is 16.9 Å². The van der Waals surface area contributed by atoms with Gasteiger partial charge in [-0.15, -0.1) is 0 Å². The number of fused-ring (bicyclic) bond motifs is 1. The Morgan fingerprint density at radius 1 is 1.03 bits per heavy atom. The van der Waals surface area contributed by atoms with E-state index in [4.69, 9.17) is 4.74 Å². The molecule has 0 bridgehead atoms. The monoisotopic (exact) mass is 474 g/mol. The van der Waals surface area contributed by atoms with Crippen molar-refractivity contribution in [2.45, 2.75) is 13.3 Å². The number of carbonyl (C=O) groups is 1. The molecule has 5 aromatic rings. The van der Waals surface area contributed by atoms with E-state index < -0.39 is 0 Å². The van der Waals surface area contributed by atoms with E-state index in [1.165, 1.54) is 6.20 Å². The van der Waals surface area contributed by atoms with Crippen molar-refractivity contribution < 1.29 is 9.53 Å². The van der Waals surface area contributed by atoms with E-state index in [0.717, 1.165) is 17.0 Å². The molecule has 0 aliphatic carbocycles. The number of anilines is 3. The van der Waals surface area contributed by atoms with E-state index in [0.29, 0.717) is 33.9 Å². The maximum Gasteiger partial charge on any atom is 0.230 e. The fourth-order valence-electron chi connectivity index (χ4n) is 3.86. The van der Waals surface area contributed by atoms with Crippen molar-refractivity contribution in [3.63, 3.8) is 0 Å². The maximum absolute atomic E-state index is 12.6. The topological polar surface area (TPSA) is 104 Å². The Labute approximate surface area is 207 Å². The van der Waals surface area contributed by atoms with Crippen molar-refractivity contribution >= 4 is 28.5 Å². The van der Waals surface area contributed by atoms with Crippen molar-refractivity contribution in [2.24, 2.45) is 0 Å². The summed E-state index contributed by atoms with van der Waals surface area (Å²) in [5, 5.41) is 20.4. The van der Waals surface area contributed by atoms with Crippen LogP contribution in [0.1, 0.15) is 16.8 Å². The number of para-hydroxylation sites is 1. The highest BCUT2D eigenvalue weighted by Crippen LogP contribution is 2.33. The molecule has 5 rings (SSSR count). The number of hydrogen-bond acceptors (Lipinski definition) is 6. The summed E-state index contributed by atoms with van der Waals surface area (Å²) >= 11 is 0. The van der Waals surface area contributed by atoms with E-state index in [-0.39, 0.29) is 12.3 Å². The van der Waals surface area contributed by atoms with Crippen molar-refractivity contribution in [1.82, 2.24) is 14.6 Å². The van der Waals surface area contributed by atoms with Gasteiger partial charge in [-0.05, 0) is 55.5 Å². The molecule has 8 nitrogen and oxygen atoms in total. The van der Waals surface area contributed by atoms with Crippen LogP contribution in [0, 0.1) is 18.3 Å². The van der Waals surface area contributed by atoms with Crippen LogP contribution in [-0.4, -0.2) is 20.5 Å². The Morgan fingerprint density at radius 3 is 2.50 bits per heavy atom. The van der Waals surface area contributed by atoms with Crippen LogP contribution in [-0.2, 0) is 11.2 Å². The largest absolute Gasteiger partial charge is 0.457 e. The maximum atomic E-state index is 12.6. The predicted octanol–water partition coefficient (Wildman–Crippen LogP) is 5.63. The number of carbonyl (C=O) groups excluding carboxylic acids is 1.